The Balaban J connectivity index is 0.00000112. The van der Waals surface area contributed by atoms with Crippen LogP contribution < -0.4 is 5.73 Å². The molecule has 2 fully saturated rings. The second kappa shape index (κ2) is 5.76. The van der Waals surface area contributed by atoms with Crippen LogP contribution in [0.4, 0.5) is 13.2 Å². The molecule has 0 amide bonds. The van der Waals surface area contributed by atoms with Crippen LogP contribution >= 0.6 is 24.8 Å². The SMILES string of the molecule is Cl.Cl.NC1C[C@H]2CC[C@@H](C1)N2CC(F)(F)F. The smallest absolute Gasteiger partial charge is 0.328 e. The van der Waals surface area contributed by atoms with E-state index in [1.54, 1.807) is 4.90 Å². The maximum Gasteiger partial charge on any atom is 0.401 e. The van der Waals surface area contributed by atoms with Crippen LogP contribution in [0.15, 0.2) is 0 Å². The molecular formula is C9H17Cl2F3N2. The van der Waals surface area contributed by atoms with E-state index in [0.29, 0.717) is 0 Å². The van der Waals surface area contributed by atoms with Gasteiger partial charge in [-0.25, -0.2) is 0 Å². The number of alkyl halides is 3. The quantitative estimate of drug-likeness (QED) is 0.799. The van der Waals surface area contributed by atoms with Gasteiger partial charge in [-0.1, -0.05) is 0 Å². The molecule has 0 aromatic carbocycles. The van der Waals surface area contributed by atoms with Crippen molar-refractivity contribution in [2.45, 2.75) is 50.0 Å². The standard InChI is InChI=1S/C9H15F3N2.2ClH/c10-9(11,12)5-14-7-1-2-8(14)4-6(13)3-7;;/h6-8H,1-5,13H2;2*1H/t6?,7-,8+;;. The van der Waals surface area contributed by atoms with E-state index >= 15 is 0 Å². The lowest BCUT2D eigenvalue weighted by Crippen LogP contribution is -2.50. The van der Waals surface area contributed by atoms with Crippen LogP contribution in [0.1, 0.15) is 25.7 Å². The molecule has 0 saturated carbocycles. The zero-order chi connectivity index (χ0) is 10.3. The average molecular weight is 281 g/mol. The minimum Gasteiger partial charge on any atom is -0.328 e. The molecule has 2 saturated heterocycles. The van der Waals surface area contributed by atoms with Crippen molar-refractivity contribution in [3.05, 3.63) is 0 Å². The van der Waals surface area contributed by atoms with Gasteiger partial charge in [-0.2, -0.15) is 13.2 Å². The summed E-state index contributed by atoms with van der Waals surface area (Å²) in [7, 11) is 0. The molecule has 0 radical (unpaired) electrons. The summed E-state index contributed by atoms with van der Waals surface area (Å²) in [4.78, 5) is 1.60. The Bertz CT molecular complexity index is 211. The largest absolute Gasteiger partial charge is 0.401 e. The second-order valence-corrected chi connectivity index (χ2v) is 4.40. The normalized spacial score (nSPS) is 34.1. The molecule has 3 atom stereocenters. The molecule has 1 unspecified atom stereocenters. The maximum atomic E-state index is 12.2. The van der Waals surface area contributed by atoms with Crippen LogP contribution in [0.25, 0.3) is 0 Å². The first-order valence-electron chi connectivity index (χ1n) is 5.04. The lowest BCUT2D eigenvalue weighted by molar-refractivity contribution is -0.155. The summed E-state index contributed by atoms with van der Waals surface area (Å²) in [5.41, 5.74) is 5.77. The van der Waals surface area contributed by atoms with Crippen LogP contribution in [0.5, 0.6) is 0 Å². The molecule has 2 rings (SSSR count). The Morgan fingerprint density at radius 2 is 1.50 bits per heavy atom. The summed E-state index contributed by atoms with van der Waals surface area (Å²) in [6.07, 6.45) is -0.843. The van der Waals surface area contributed by atoms with Crippen molar-refractivity contribution in [1.82, 2.24) is 4.90 Å². The fraction of sp³-hybridized carbons (Fsp3) is 1.00. The van der Waals surface area contributed by atoms with Crippen molar-refractivity contribution in [2.24, 2.45) is 5.73 Å². The molecule has 16 heavy (non-hydrogen) atoms. The predicted octanol–water partition coefficient (Wildman–Crippen LogP) is 2.35. The fourth-order valence-electron chi connectivity index (χ4n) is 2.78. The van der Waals surface area contributed by atoms with Gasteiger partial charge in [-0.15, -0.1) is 24.8 Å². The van der Waals surface area contributed by atoms with E-state index in [-0.39, 0.29) is 42.9 Å². The fourth-order valence-corrected chi connectivity index (χ4v) is 2.78. The Hall–Kier alpha value is 0.290. The van der Waals surface area contributed by atoms with Crippen molar-refractivity contribution in [3.63, 3.8) is 0 Å². The van der Waals surface area contributed by atoms with E-state index < -0.39 is 12.7 Å². The van der Waals surface area contributed by atoms with Gasteiger partial charge in [0.25, 0.3) is 0 Å². The highest BCUT2D eigenvalue weighted by molar-refractivity contribution is 5.85. The number of rotatable bonds is 1. The van der Waals surface area contributed by atoms with Crippen LogP contribution in [-0.4, -0.2) is 35.7 Å². The van der Waals surface area contributed by atoms with Crippen LogP contribution in [0, 0.1) is 0 Å². The molecule has 0 aromatic rings. The summed E-state index contributed by atoms with van der Waals surface area (Å²) < 4.78 is 36.7. The number of halogens is 5. The first-order valence-corrected chi connectivity index (χ1v) is 5.04. The van der Waals surface area contributed by atoms with Crippen molar-refractivity contribution < 1.29 is 13.2 Å². The molecule has 2 aliphatic heterocycles. The van der Waals surface area contributed by atoms with Gasteiger partial charge in [0.15, 0.2) is 0 Å². The number of hydrogen-bond donors (Lipinski definition) is 1. The molecule has 2 N–H and O–H groups in total. The Labute approximate surface area is 106 Å². The summed E-state index contributed by atoms with van der Waals surface area (Å²) in [6, 6.07) is 0.257. The third-order valence-electron chi connectivity index (χ3n) is 3.28. The van der Waals surface area contributed by atoms with E-state index in [0.717, 1.165) is 25.7 Å². The first kappa shape index (κ1) is 16.3. The molecule has 2 aliphatic rings. The lowest BCUT2D eigenvalue weighted by Gasteiger charge is -2.37. The highest BCUT2D eigenvalue weighted by Gasteiger charge is 2.44. The lowest BCUT2D eigenvalue weighted by atomic mass is 9.98. The number of hydrogen-bond acceptors (Lipinski definition) is 2. The van der Waals surface area contributed by atoms with Gasteiger partial charge >= 0.3 is 6.18 Å². The van der Waals surface area contributed by atoms with Crippen LogP contribution in [0.2, 0.25) is 0 Å². The van der Waals surface area contributed by atoms with Gasteiger partial charge in [-0.3, -0.25) is 4.90 Å². The van der Waals surface area contributed by atoms with Gasteiger partial charge in [0.2, 0.25) is 0 Å². The Morgan fingerprint density at radius 3 is 1.88 bits per heavy atom. The second-order valence-electron chi connectivity index (χ2n) is 4.40. The van der Waals surface area contributed by atoms with Crippen molar-refractivity contribution in [1.29, 1.82) is 0 Å². The first-order chi connectivity index (χ1) is 6.46. The van der Waals surface area contributed by atoms with Gasteiger partial charge in [0, 0.05) is 18.1 Å². The zero-order valence-corrected chi connectivity index (χ0v) is 10.4. The van der Waals surface area contributed by atoms with E-state index in [9.17, 15) is 13.2 Å². The molecule has 2 heterocycles. The van der Waals surface area contributed by atoms with E-state index in [2.05, 4.69) is 0 Å². The van der Waals surface area contributed by atoms with Crippen LogP contribution in [0.3, 0.4) is 0 Å². The highest BCUT2D eigenvalue weighted by Crippen LogP contribution is 2.36. The molecule has 2 nitrogen and oxygen atoms in total. The number of fused-ring (bicyclic) bond motifs is 2. The minimum atomic E-state index is -4.07. The monoisotopic (exact) mass is 280 g/mol. The third-order valence-corrected chi connectivity index (χ3v) is 3.28. The summed E-state index contributed by atoms with van der Waals surface area (Å²) in [6.45, 7) is -0.755. The molecule has 0 aromatic heterocycles. The Morgan fingerprint density at radius 1 is 1.06 bits per heavy atom. The zero-order valence-electron chi connectivity index (χ0n) is 8.74. The summed E-state index contributed by atoms with van der Waals surface area (Å²) in [5, 5.41) is 0. The highest BCUT2D eigenvalue weighted by atomic mass is 35.5. The molecule has 2 bridgehead atoms. The molecular weight excluding hydrogens is 264 g/mol. The van der Waals surface area contributed by atoms with Crippen molar-refractivity contribution in [2.75, 3.05) is 6.54 Å². The topological polar surface area (TPSA) is 29.3 Å². The van der Waals surface area contributed by atoms with E-state index in [1.807, 2.05) is 0 Å². The minimum absolute atomic E-state index is 0. The molecule has 0 aliphatic carbocycles. The van der Waals surface area contributed by atoms with Crippen LogP contribution in [-0.2, 0) is 0 Å². The molecule has 98 valence electrons. The molecule has 0 spiro atoms. The maximum absolute atomic E-state index is 12.2. The Kier molecular flexibility index (Phi) is 5.86. The third kappa shape index (κ3) is 3.65. The average Bonchev–Trinajstić information content (AvgIpc) is 2.31. The number of nitrogens with two attached hydrogens (primary N) is 1. The van der Waals surface area contributed by atoms with E-state index in [4.69, 9.17) is 5.73 Å². The van der Waals surface area contributed by atoms with Gasteiger partial charge in [0.1, 0.15) is 0 Å². The summed E-state index contributed by atoms with van der Waals surface area (Å²) >= 11 is 0. The van der Waals surface area contributed by atoms with E-state index in [1.165, 1.54) is 0 Å². The predicted molar refractivity (Wildman–Crippen MR) is 61.3 cm³/mol. The van der Waals surface area contributed by atoms with Gasteiger partial charge < -0.3 is 5.73 Å². The number of nitrogens with zero attached hydrogens (tertiary/aromatic N) is 1. The summed E-state index contributed by atoms with van der Waals surface area (Å²) in [5.74, 6) is 0. The van der Waals surface area contributed by atoms with Crippen molar-refractivity contribution >= 4 is 24.8 Å². The van der Waals surface area contributed by atoms with Crippen molar-refractivity contribution in [3.8, 4) is 0 Å². The van der Waals surface area contributed by atoms with Gasteiger partial charge in [-0.05, 0) is 25.7 Å². The van der Waals surface area contributed by atoms with Gasteiger partial charge in [0.05, 0.1) is 6.54 Å². The molecule has 7 heteroatoms. The number of piperidine rings is 1.